The molecule has 0 bridgehead atoms. The minimum Gasteiger partial charge on any atom is -0.444 e. The second-order valence-corrected chi connectivity index (χ2v) is 7.03. The summed E-state index contributed by atoms with van der Waals surface area (Å²) in [5.41, 5.74) is -2.70. The van der Waals surface area contributed by atoms with E-state index in [1.54, 1.807) is 25.7 Å². The lowest BCUT2D eigenvalue weighted by Gasteiger charge is -2.23. The molecule has 144 valence electrons. The van der Waals surface area contributed by atoms with Crippen LogP contribution in [0.2, 0.25) is 0 Å². The molecule has 1 N–H and O–H groups in total. The number of hydrogen-bond acceptors (Lipinski definition) is 5. The molecule has 1 aromatic rings. The number of carbonyl (C=O) groups excluding carboxylic acids is 1. The maximum atomic E-state index is 13.1. The highest BCUT2D eigenvalue weighted by Crippen LogP contribution is 2.38. The van der Waals surface area contributed by atoms with Gasteiger partial charge >= 0.3 is 12.3 Å². The van der Waals surface area contributed by atoms with Crippen LogP contribution in [0.5, 0.6) is 0 Å². The van der Waals surface area contributed by atoms with Gasteiger partial charge in [0, 0.05) is 24.8 Å². The molecule has 26 heavy (non-hydrogen) atoms. The smallest absolute Gasteiger partial charge is 0.423 e. The molecule has 1 atom stereocenters. The molecule has 0 spiro atoms. The SMILES string of the molecule is CC(C)(C)OC(=O)N[C@H]1CCN(c2ccc([N+](=O)[O-])c(C(F)(F)F)c2)C1. The van der Waals surface area contributed by atoms with Gasteiger partial charge in [-0.1, -0.05) is 0 Å². The third-order valence-electron chi connectivity index (χ3n) is 3.76. The normalized spacial score (nSPS) is 17.9. The van der Waals surface area contributed by atoms with E-state index in [0.29, 0.717) is 13.0 Å². The quantitative estimate of drug-likeness (QED) is 0.643. The predicted molar refractivity (Wildman–Crippen MR) is 88.1 cm³/mol. The number of carbonyl (C=O) groups is 1. The molecule has 10 heteroatoms. The fourth-order valence-electron chi connectivity index (χ4n) is 2.69. The zero-order valence-electron chi connectivity index (χ0n) is 14.6. The molecule has 1 aliphatic heterocycles. The Hall–Kier alpha value is -2.52. The summed E-state index contributed by atoms with van der Waals surface area (Å²) in [6, 6.07) is 2.62. The zero-order valence-corrected chi connectivity index (χ0v) is 14.6. The number of anilines is 1. The largest absolute Gasteiger partial charge is 0.444 e. The van der Waals surface area contributed by atoms with Gasteiger partial charge in [0.1, 0.15) is 11.2 Å². The molecule has 0 aliphatic carbocycles. The van der Waals surface area contributed by atoms with Crippen LogP contribution >= 0.6 is 0 Å². The van der Waals surface area contributed by atoms with Gasteiger partial charge in [-0.05, 0) is 39.3 Å². The molecule has 0 radical (unpaired) electrons. The van der Waals surface area contributed by atoms with Gasteiger partial charge in [-0.25, -0.2) is 4.79 Å². The summed E-state index contributed by atoms with van der Waals surface area (Å²) >= 11 is 0. The van der Waals surface area contributed by atoms with Crippen molar-refractivity contribution >= 4 is 17.5 Å². The van der Waals surface area contributed by atoms with Gasteiger partial charge in [0.05, 0.1) is 11.0 Å². The molecule has 0 saturated carbocycles. The number of alkyl halides is 3. The van der Waals surface area contributed by atoms with Crippen LogP contribution in [0.15, 0.2) is 18.2 Å². The van der Waals surface area contributed by atoms with Gasteiger partial charge < -0.3 is 15.0 Å². The van der Waals surface area contributed by atoms with Crippen molar-refractivity contribution in [3.8, 4) is 0 Å². The number of nitrogens with zero attached hydrogens (tertiary/aromatic N) is 2. The molecule has 1 amide bonds. The standard InChI is InChI=1S/C16H20F3N3O4/c1-15(2,3)26-14(23)20-10-6-7-21(9-10)11-4-5-13(22(24)25)12(8-11)16(17,18)19/h4-5,8,10H,6-7,9H2,1-3H3,(H,20,23)/t10-/m0/s1. The Morgan fingerprint density at radius 1 is 1.35 bits per heavy atom. The summed E-state index contributed by atoms with van der Waals surface area (Å²) in [6.07, 6.45) is -4.90. The highest BCUT2D eigenvalue weighted by Gasteiger charge is 2.39. The second kappa shape index (κ2) is 7.00. The Balaban J connectivity index is 2.11. The lowest BCUT2D eigenvalue weighted by molar-refractivity contribution is -0.388. The molecule has 2 rings (SSSR count). The van der Waals surface area contributed by atoms with Crippen molar-refractivity contribution in [2.75, 3.05) is 18.0 Å². The van der Waals surface area contributed by atoms with Crippen LogP contribution in [0.3, 0.4) is 0 Å². The van der Waals surface area contributed by atoms with E-state index < -0.39 is 34.0 Å². The number of halogens is 3. The molecular weight excluding hydrogens is 355 g/mol. The van der Waals surface area contributed by atoms with Crippen molar-refractivity contribution in [3.63, 3.8) is 0 Å². The van der Waals surface area contributed by atoms with Gasteiger partial charge in [-0.2, -0.15) is 13.2 Å². The fraction of sp³-hybridized carbons (Fsp3) is 0.562. The van der Waals surface area contributed by atoms with Crippen molar-refractivity contribution in [2.24, 2.45) is 0 Å². The average molecular weight is 375 g/mol. The maximum absolute atomic E-state index is 13.1. The first-order chi connectivity index (χ1) is 11.9. The predicted octanol–water partition coefficient (Wildman–Crippen LogP) is 3.72. The van der Waals surface area contributed by atoms with Crippen molar-refractivity contribution in [3.05, 3.63) is 33.9 Å². The zero-order chi connectivity index (χ0) is 19.7. The maximum Gasteiger partial charge on any atom is 0.423 e. The van der Waals surface area contributed by atoms with E-state index in [4.69, 9.17) is 4.74 Å². The number of benzene rings is 1. The molecule has 0 aromatic heterocycles. The summed E-state index contributed by atoms with van der Waals surface area (Å²) in [7, 11) is 0. The van der Waals surface area contributed by atoms with E-state index in [9.17, 15) is 28.1 Å². The third kappa shape index (κ3) is 4.99. The number of rotatable bonds is 3. The number of hydrogen-bond donors (Lipinski definition) is 1. The lowest BCUT2D eigenvalue weighted by Crippen LogP contribution is -2.40. The first-order valence-corrected chi connectivity index (χ1v) is 7.97. The monoisotopic (exact) mass is 375 g/mol. The van der Waals surface area contributed by atoms with Crippen LogP contribution in [-0.4, -0.2) is 35.7 Å². The molecule has 1 saturated heterocycles. The van der Waals surface area contributed by atoms with Crippen LogP contribution in [0.25, 0.3) is 0 Å². The van der Waals surface area contributed by atoms with Crippen molar-refractivity contribution in [1.29, 1.82) is 0 Å². The van der Waals surface area contributed by atoms with Gasteiger partial charge in [-0.3, -0.25) is 10.1 Å². The van der Waals surface area contributed by atoms with E-state index in [1.165, 1.54) is 6.07 Å². The Kier molecular flexibility index (Phi) is 5.33. The van der Waals surface area contributed by atoms with Gasteiger partial charge in [0.15, 0.2) is 0 Å². The van der Waals surface area contributed by atoms with Crippen molar-refractivity contribution in [2.45, 2.75) is 45.0 Å². The third-order valence-corrected chi connectivity index (χ3v) is 3.76. The van der Waals surface area contributed by atoms with Gasteiger partial charge in [-0.15, -0.1) is 0 Å². The number of ether oxygens (including phenoxy) is 1. The average Bonchev–Trinajstić information content (AvgIpc) is 2.91. The van der Waals surface area contributed by atoms with E-state index in [1.807, 2.05) is 0 Å². The molecule has 0 unspecified atom stereocenters. The van der Waals surface area contributed by atoms with Gasteiger partial charge in [0.2, 0.25) is 0 Å². The van der Waals surface area contributed by atoms with E-state index >= 15 is 0 Å². The molecule has 1 aliphatic rings. The van der Waals surface area contributed by atoms with Crippen LogP contribution < -0.4 is 10.2 Å². The Labute approximate surface area is 148 Å². The summed E-state index contributed by atoms with van der Waals surface area (Å²) < 4.78 is 44.4. The highest BCUT2D eigenvalue weighted by molar-refractivity contribution is 5.68. The summed E-state index contributed by atoms with van der Waals surface area (Å²) in [5.74, 6) is 0. The van der Waals surface area contributed by atoms with Crippen LogP contribution in [0.4, 0.5) is 29.3 Å². The Morgan fingerprint density at radius 2 is 2.00 bits per heavy atom. The van der Waals surface area contributed by atoms with Crippen molar-refractivity contribution < 1.29 is 27.6 Å². The van der Waals surface area contributed by atoms with E-state index in [0.717, 1.165) is 12.1 Å². The number of alkyl carbamates (subject to hydrolysis) is 1. The number of nitro groups is 1. The lowest BCUT2D eigenvalue weighted by atomic mass is 10.1. The van der Waals surface area contributed by atoms with Crippen LogP contribution in [0.1, 0.15) is 32.8 Å². The second-order valence-electron chi connectivity index (χ2n) is 7.03. The van der Waals surface area contributed by atoms with Crippen molar-refractivity contribution in [1.82, 2.24) is 5.32 Å². The van der Waals surface area contributed by atoms with E-state index in [2.05, 4.69) is 5.32 Å². The molecule has 1 fully saturated rings. The number of nitro benzene ring substituents is 1. The molecule has 1 heterocycles. The highest BCUT2D eigenvalue weighted by atomic mass is 19.4. The Bertz CT molecular complexity index is 701. The van der Waals surface area contributed by atoms with E-state index in [-0.39, 0.29) is 18.3 Å². The fourth-order valence-corrected chi connectivity index (χ4v) is 2.69. The summed E-state index contributed by atoms with van der Waals surface area (Å²) in [5, 5.41) is 13.5. The van der Waals surface area contributed by atoms with Gasteiger partial charge in [0.25, 0.3) is 5.69 Å². The first-order valence-electron chi connectivity index (χ1n) is 7.97. The minimum absolute atomic E-state index is 0.219. The molecular formula is C16H20F3N3O4. The first kappa shape index (κ1) is 19.8. The minimum atomic E-state index is -4.83. The van der Waals surface area contributed by atoms with Crippen LogP contribution in [0, 0.1) is 10.1 Å². The molecule has 7 nitrogen and oxygen atoms in total. The summed E-state index contributed by atoms with van der Waals surface area (Å²) in [6.45, 7) is 5.87. The molecule has 1 aromatic carbocycles. The Morgan fingerprint density at radius 3 is 2.54 bits per heavy atom. The topological polar surface area (TPSA) is 84.7 Å². The number of nitrogens with one attached hydrogen (secondary N) is 1. The van der Waals surface area contributed by atoms with Crippen LogP contribution in [-0.2, 0) is 10.9 Å². The summed E-state index contributed by atoms with van der Waals surface area (Å²) in [4.78, 5) is 23.2. The number of amides is 1.